The van der Waals surface area contributed by atoms with Crippen LogP contribution in [0.2, 0.25) is 0 Å². The maximum Gasteiger partial charge on any atom is 0.191 e. The first-order valence-corrected chi connectivity index (χ1v) is 9.01. The van der Waals surface area contributed by atoms with Crippen LogP contribution in [0.15, 0.2) is 21.5 Å². The summed E-state index contributed by atoms with van der Waals surface area (Å²) in [6.07, 6.45) is 2.03. The second-order valence-electron chi connectivity index (χ2n) is 7.17. The summed E-state index contributed by atoms with van der Waals surface area (Å²) in [6.45, 7) is 7.61. The number of rotatable bonds is 5. The van der Waals surface area contributed by atoms with Gasteiger partial charge in [0, 0.05) is 26.6 Å². The van der Waals surface area contributed by atoms with E-state index >= 15 is 0 Å². The molecule has 142 valence electrons. The topological polar surface area (TPSA) is 100 Å². The normalized spacial score (nSPS) is 19.7. The van der Waals surface area contributed by atoms with Crippen molar-refractivity contribution in [3.8, 4) is 0 Å². The number of guanidine groups is 1. The van der Waals surface area contributed by atoms with Crippen LogP contribution < -0.4 is 10.6 Å². The van der Waals surface area contributed by atoms with Crippen LogP contribution in [0.3, 0.4) is 0 Å². The molecule has 1 aliphatic heterocycles. The van der Waals surface area contributed by atoms with Crippen LogP contribution in [-0.2, 0) is 18.6 Å². The molecule has 0 aromatic carbocycles. The first-order valence-electron chi connectivity index (χ1n) is 9.01. The standard InChI is InChI=1S/C18H28N6O2/c1-12-5-7-15(26-12)18(3,25)11-21-17(19-4)20-9-14-6-8-16-23-22-13(2)24(16)10-14/h5,7,14,25H,6,8-11H2,1-4H3,(H2,19,20,21). The van der Waals surface area contributed by atoms with Gasteiger partial charge in [-0.2, -0.15) is 0 Å². The van der Waals surface area contributed by atoms with E-state index in [1.807, 2.05) is 19.9 Å². The number of nitrogens with one attached hydrogen (secondary N) is 2. The maximum atomic E-state index is 10.6. The molecule has 2 unspecified atom stereocenters. The molecule has 0 bridgehead atoms. The number of nitrogens with zero attached hydrogens (tertiary/aromatic N) is 4. The van der Waals surface area contributed by atoms with Gasteiger partial charge in [-0.05, 0) is 45.2 Å². The Morgan fingerprint density at radius 3 is 2.88 bits per heavy atom. The minimum atomic E-state index is -1.11. The summed E-state index contributed by atoms with van der Waals surface area (Å²) in [4.78, 5) is 4.25. The minimum Gasteiger partial charge on any atom is -0.463 e. The molecular weight excluding hydrogens is 332 g/mol. The fourth-order valence-electron chi connectivity index (χ4n) is 3.23. The Morgan fingerprint density at radius 1 is 1.38 bits per heavy atom. The molecule has 0 saturated carbocycles. The Hall–Kier alpha value is -2.35. The number of furan rings is 1. The van der Waals surface area contributed by atoms with E-state index in [9.17, 15) is 5.11 Å². The highest BCUT2D eigenvalue weighted by Crippen LogP contribution is 2.22. The minimum absolute atomic E-state index is 0.305. The lowest BCUT2D eigenvalue weighted by atomic mass is 9.99. The first-order chi connectivity index (χ1) is 12.4. The Bertz CT molecular complexity index is 776. The molecule has 0 spiro atoms. The van der Waals surface area contributed by atoms with Gasteiger partial charge < -0.3 is 24.7 Å². The van der Waals surface area contributed by atoms with Gasteiger partial charge in [-0.25, -0.2) is 0 Å². The summed E-state index contributed by atoms with van der Waals surface area (Å²) in [5.41, 5.74) is -1.11. The van der Waals surface area contributed by atoms with Crippen molar-refractivity contribution >= 4 is 5.96 Å². The molecule has 2 aromatic heterocycles. The van der Waals surface area contributed by atoms with Crippen molar-refractivity contribution in [2.45, 2.75) is 45.8 Å². The van der Waals surface area contributed by atoms with Crippen molar-refractivity contribution in [3.63, 3.8) is 0 Å². The van der Waals surface area contributed by atoms with E-state index < -0.39 is 5.60 Å². The molecule has 1 aliphatic rings. The molecule has 0 aliphatic carbocycles. The van der Waals surface area contributed by atoms with Crippen LogP contribution in [0.1, 0.15) is 36.5 Å². The van der Waals surface area contributed by atoms with Crippen molar-refractivity contribution in [2.75, 3.05) is 20.1 Å². The number of hydrogen-bond donors (Lipinski definition) is 3. The highest BCUT2D eigenvalue weighted by atomic mass is 16.4. The molecule has 3 N–H and O–H groups in total. The van der Waals surface area contributed by atoms with E-state index in [2.05, 4.69) is 30.4 Å². The number of fused-ring (bicyclic) bond motifs is 1. The average Bonchev–Trinajstić information content (AvgIpc) is 3.22. The first kappa shape index (κ1) is 18.4. The van der Waals surface area contributed by atoms with Gasteiger partial charge in [0.2, 0.25) is 0 Å². The third-order valence-electron chi connectivity index (χ3n) is 4.88. The average molecular weight is 360 g/mol. The molecular formula is C18H28N6O2. The summed E-state index contributed by atoms with van der Waals surface area (Å²) < 4.78 is 7.73. The Kier molecular flexibility index (Phi) is 5.31. The monoisotopic (exact) mass is 360 g/mol. The quantitative estimate of drug-likeness (QED) is 0.546. The van der Waals surface area contributed by atoms with E-state index in [0.717, 1.165) is 43.3 Å². The van der Waals surface area contributed by atoms with Gasteiger partial charge in [-0.1, -0.05) is 0 Å². The fourth-order valence-corrected chi connectivity index (χ4v) is 3.23. The smallest absolute Gasteiger partial charge is 0.191 e. The third kappa shape index (κ3) is 4.07. The molecule has 26 heavy (non-hydrogen) atoms. The Labute approximate surface area is 153 Å². The number of aromatic nitrogens is 3. The summed E-state index contributed by atoms with van der Waals surface area (Å²) in [7, 11) is 1.73. The van der Waals surface area contributed by atoms with Crippen LogP contribution in [0.5, 0.6) is 0 Å². The number of aliphatic imine (C=N–C) groups is 1. The van der Waals surface area contributed by atoms with Crippen LogP contribution in [0, 0.1) is 19.8 Å². The van der Waals surface area contributed by atoms with Gasteiger partial charge in [0.05, 0.1) is 6.54 Å². The van der Waals surface area contributed by atoms with Crippen LogP contribution in [-0.4, -0.2) is 46.0 Å². The summed E-state index contributed by atoms with van der Waals surface area (Å²) >= 11 is 0. The molecule has 2 aromatic rings. The van der Waals surface area contributed by atoms with Crippen molar-refractivity contribution in [1.29, 1.82) is 0 Å². The predicted molar refractivity (Wildman–Crippen MR) is 99.0 cm³/mol. The summed E-state index contributed by atoms with van der Waals surface area (Å²) in [6, 6.07) is 3.65. The van der Waals surface area contributed by atoms with Gasteiger partial charge in [0.1, 0.15) is 28.8 Å². The van der Waals surface area contributed by atoms with Gasteiger partial charge in [-0.3, -0.25) is 4.99 Å². The lowest BCUT2D eigenvalue weighted by molar-refractivity contribution is 0.0377. The van der Waals surface area contributed by atoms with Gasteiger partial charge in [-0.15, -0.1) is 10.2 Å². The molecule has 0 amide bonds. The number of aryl methyl sites for hydroxylation is 3. The van der Waals surface area contributed by atoms with E-state index in [-0.39, 0.29) is 0 Å². The molecule has 3 rings (SSSR count). The van der Waals surface area contributed by atoms with Gasteiger partial charge in [0.25, 0.3) is 0 Å². The maximum absolute atomic E-state index is 10.6. The van der Waals surface area contributed by atoms with Crippen LogP contribution in [0.25, 0.3) is 0 Å². The summed E-state index contributed by atoms with van der Waals surface area (Å²) in [5, 5.41) is 25.5. The molecule has 0 fully saturated rings. The van der Waals surface area contributed by atoms with Gasteiger partial charge >= 0.3 is 0 Å². The third-order valence-corrected chi connectivity index (χ3v) is 4.88. The van der Waals surface area contributed by atoms with E-state index in [1.165, 1.54) is 0 Å². The lowest BCUT2D eigenvalue weighted by Gasteiger charge is -2.26. The van der Waals surface area contributed by atoms with Gasteiger partial charge in [0.15, 0.2) is 5.96 Å². The van der Waals surface area contributed by atoms with Crippen LogP contribution in [0.4, 0.5) is 0 Å². The van der Waals surface area contributed by atoms with Crippen molar-refractivity contribution in [2.24, 2.45) is 10.9 Å². The molecule has 8 nitrogen and oxygen atoms in total. The van der Waals surface area contributed by atoms with E-state index in [4.69, 9.17) is 4.42 Å². The second-order valence-corrected chi connectivity index (χ2v) is 7.17. The molecule has 0 saturated heterocycles. The Morgan fingerprint density at radius 2 is 2.19 bits per heavy atom. The molecule has 8 heteroatoms. The zero-order valence-electron chi connectivity index (χ0n) is 15.9. The SMILES string of the molecule is CN=C(NCC1CCc2nnc(C)n2C1)NCC(C)(O)c1ccc(C)o1. The Balaban J connectivity index is 1.50. The molecule has 0 radical (unpaired) electrons. The molecule has 2 atom stereocenters. The van der Waals surface area contributed by atoms with Crippen LogP contribution >= 0.6 is 0 Å². The zero-order valence-corrected chi connectivity index (χ0v) is 15.9. The number of hydrogen-bond acceptors (Lipinski definition) is 5. The predicted octanol–water partition coefficient (Wildman–Crippen LogP) is 1.12. The summed E-state index contributed by atoms with van der Waals surface area (Å²) in [5.74, 6) is 4.52. The molecule has 3 heterocycles. The zero-order chi connectivity index (χ0) is 18.7. The van der Waals surface area contributed by atoms with Crippen molar-refractivity contribution < 1.29 is 9.52 Å². The fraction of sp³-hybridized carbons (Fsp3) is 0.611. The van der Waals surface area contributed by atoms with E-state index in [0.29, 0.717) is 24.2 Å². The van der Waals surface area contributed by atoms with E-state index in [1.54, 1.807) is 20.0 Å². The second kappa shape index (κ2) is 7.49. The highest BCUT2D eigenvalue weighted by Gasteiger charge is 2.27. The largest absolute Gasteiger partial charge is 0.463 e. The van der Waals surface area contributed by atoms with Crippen molar-refractivity contribution in [3.05, 3.63) is 35.3 Å². The number of aliphatic hydroxyl groups is 1. The van der Waals surface area contributed by atoms with Crippen molar-refractivity contribution in [1.82, 2.24) is 25.4 Å². The lowest BCUT2D eigenvalue weighted by Crippen LogP contribution is -2.46. The highest BCUT2D eigenvalue weighted by molar-refractivity contribution is 5.79.